The number of carbonyl (C=O) groups is 3. The third-order valence-electron chi connectivity index (χ3n) is 5.95. The Labute approximate surface area is 168 Å². The van der Waals surface area contributed by atoms with Crippen molar-refractivity contribution >= 4 is 29.2 Å². The predicted molar refractivity (Wildman–Crippen MR) is 105 cm³/mol. The van der Waals surface area contributed by atoms with Crippen LogP contribution < -0.4 is 15.5 Å². The lowest BCUT2D eigenvalue weighted by Crippen LogP contribution is -2.75. The Kier molecular flexibility index (Phi) is 4.57. The molecule has 3 heterocycles. The first-order valence-electron chi connectivity index (χ1n) is 9.58. The number of carbonyl (C=O) groups excluding carboxylic acids is 3. The van der Waals surface area contributed by atoms with Gasteiger partial charge in [-0.25, -0.2) is 4.79 Å². The Morgan fingerprint density at radius 3 is 2.59 bits per heavy atom. The first-order chi connectivity index (χ1) is 13.8. The smallest absolute Gasteiger partial charge is 0.328 e. The van der Waals surface area contributed by atoms with Crippen LogP contribution in [0.25, 0.3) is 0 Å². The Morgan fingerprint density at radius 2 is 1.93 bits per heavy atom. The quantitative estimate of drug-likeness (QED) is 0.435. The summed E-state index contributed by atoms with van der Waals surface area (Å²) in [7, 11) is 1.48. The molecule has 29 heavy (non-hydrogen) atoms. The minimum absolute atomic E-state index is 0.0722. The first kappa shape index (κ1) is 19.4. The zero-order valence-electron chi connectivity index (χ0n) is 16.8. The van der Waals surface area contributed by atoms with Crippen LogP contribution in [0.4, 0.5) is 10.5 Å². The van der Waals surface area contributed by atoms with E-state index in [2.05, 4.69) is 20.7 Å². The van der Waals surface area contributed by atoms with Gasteiger partial charge in [-0.3, -0.25) is 20.2 Å². The van der Waals surface area contributed by atoms with Crippen LogP contribution in [0.1, 0.15) is 31.9 Å². The second-order valence-corrected chi connectivity index (χ2v) is 7.84. The maximum absolute atomic E-state index is 13.1. The number of urea groups is 1. The second-order valence-electron chi connectivity index (χ2n) is 7.84. The molecule has 0 aromatic heterocycles. The fraction of sp³-hybridized carbons (Fsp3) is 0.500. The monoisotopic (exact) mass is 400 g/mol. The van der Waals surface area contributed by atoms with E-state index in [1.54, 1.807) is 0 Å². The normalized spacial score (nSPS) is 28.4. The molecule has 0 radical (unpaired) electrons. The second kappa shape index (κ2) is 6.84. The molecule has 0 saturated carbocycles. The highest BCUT2D eigenvalue weighted by Crippen LogP contribution is 2.46. The number of hydrogen-bond donors (Lipinski definition) is 2. The molecule has 154 valence electrons. The van der Waals surface area contributed by atoms with Gasteiger partial charge in [0.1, 0.15) is 7.11 Å². The summed E-state index contributed by atoms with van der Waals surface area (Å²) in [6, 6.07) is 4.53. The summed E-state index contributed by atoms with van der Waals surface area (Å²) in [6.45, 7) is 6.18. The Bertz CT molecular complexity index is 907. The van der Waals surface area contributed by atoms with E-state index < -0.39 is 29.3 Å². The highest BCUT2D eigenvalue weighted by atomic mass is 16.6. The maximum atomic E-state index is 13.1. The van der Waals surface area contributed by atoms with Gasteiger partial charge in [-0.1, -0.05) is 11.2 Å². The molecule has 4 rings (SSSR count). The van der Waals surface area contributed by atoms with E-state index in [0.717, 1.165) is 16.8 Å². The van der Waals surface area contributed by atoms with Gasteiger partial charge in [-0.2, -0.15) is 0 Å². The minimum Gasteiger partial charge on any atom is -0.399 e. The van der Waals surface area contributed by atoms with E-state index in [1.165, 1.54) is 7.11 Å². The summed E-state index contributed by atoms with van der Waals surface area (Å²) in [4.78, 5) is 44.8. The fourth-order valence-electron chi connectivity index (χ4n) is 4.86. The van der Waals surface area contributed by atoms with Gasteiger partial charge in [0.25, 0.3) is 0 Å². The number of barbiturate groups is 1. The Morgan fingerprint density at radius 1 is 1.24 bits per heavy atom. The van der Waals surface area contributed by atoms with Crippen molar-refractivity contribution < 1.29 is 24.0 Å². The number of fused-ring (bicyclic) bond motifs is 4. The van der Waals surface area contributed by atoms with Gasteiger partial charge in [-0.15, -0.1) is 0 Å². The maximum Gasteiger partial charge on any atom is 0.328 e. The number of amides is 4. The number of benzene rings is 1. The molecule has 2 saturated heterocycles. The summed E-state index contributed by atoms with van der Waals surface area (Å²) in [5.74, 6) is -1.19. The van der Waals surface area contributed by atoms with Crippen LogP contribution in [0.5, 0.6) is 0 Å². The minimum atomic E-state index is -1.47. The molecular weight excluding hydrogens is 376 g/mol. The highest BCUT2D eigenvalue weighted by Gasteiger charge is 2.62. The summed E-state index contributed by atoms with van der Waals surface area (Å²) in [5.41, 5.74) is 1.84. The molecule has 0 aliphatic carbocycles. The number of hydrogen-bond acceptors (Lipinski definition) is 7. The van der Waals surface area contributed by atoms with Crippen molar-refractivity contribution in [2.75, 3.05) is 18.6 Å². The summed E-state index contributed by atoms with van der Waals surface area (Å²) >= 11 is 0. The molecule has 3 aliphatic heterocycles. The van der Waals surface area contributed by atoms with Crippen LogP contribution in [-0.4, -0.2) is 55.5 Å². The molecule has 9 heteroatoms. The SMILES string of the molecule is CON=C(C)c1ccc2c(c1)CC1(C(=O)NC(=O)NC1=O)[C@H]1[C@H](C)O[C@H](C)CN21. The van der Waals surface area contributed by atoms with Gasteiger partial charge < -0.3 is 14.5 Å². The number of nitrogens with one attached hydrogen (secondary N) is 2. The number of morpholine rings is 1. The van der Waals surface area contributed by atoms with Crippen LogP contribution in [0.2, 0.25) is 0 Å². The number of oxime groups is 1. The van der Waals surface area contributed by atoms with Gasteiger partial charge in [0.15, 0.2) is 5.41 Å². The molecule has 0 unspecified atom stereocenters. The number of rotatable bonds is 2. The molecule has 4 amide bonds. The van der Waals surface area contributed by atoms with E-state index >= 15 is 0 Å². The number of anilines is 1. The van der Waals surface area contributed by atoms with E-state index in [9.17, 15) is 14.4 Å². The Hall–Kier alpha value is -2.94. The number of ether oxygens (including phenoxy) is 1. The van der Waals surface area contributed by atoms with Crippen LogP contribution in [0, 0.1) is 5.41 Å². The molecular formula is C20H24N4O5. The van der Waals surface area contributed by atoms with E-state index in [1.807, 2.05) is 39.0 Å². The standard InChI is InChI=1S/C20H24N4O5/c1-10-9-24-15-6-5-13(11(2)23-28-4)7-14(15)8-20(16(24)12(3)29-10)17(25)21-19(27)22-18(20)26/h5-7,10,12,16H,8-9H2,1-4H3,(H2,21,22,25,26,27)/t10-,12+,16-/m1/s1. The average Bonchev–Trinajstić information content (AvgIpc) is 2.65. The summed E-state index contributed by atoms with van der Waals surface area (Å²) in [5, 5.41) is 8.55. The van der Waals surface area contributed by atoms with Crippen molar-refractivity contribution in [1.82, 2.24) is 10.6 Å². The average molecular weight is 400 g/mol. The van der Waals surface area contributed by atoms with Crippen molar-refractivity contribution in [2.45, 2.75) is 45.4 Å². The molecule has 3 atom stereocenters. The zero-order valence-corrected chi connectivity index (χ0v) is 16.8. The summed E-state index contributed by atoms with van der Waals surface area (Å²) < 4.78 is 5.99. The topological polar surface area (TPSA) is 109 Å². The van der Waals surface area contributed by atoms with Crippen LogP contribution >= 0.6 is 0 Å². The van der Waals surface area contributed by atoms with E-state index in [0.29, 0.717) is 12.3 Å². The van der Waals surface area contributed by atoms with Crippen molar-refractivity contribution in [3.8, 4) is 0 Å². The van der Waals surface area contributed by atoms with Gasteiger partial charge in [0.2, 0.25) is 11.8 Å². The molecule has 9 nitrogen and oxygen atoms in total. The molecule has 3 aliphatic rings. The predicted octanol–water partition coefficient (Wildman–Crippen LogP) is 0.948. The third kappa shape index (κ3) is 2.88. The van der Waals surface area contributed by atoms with Crippen LogP contribution in [-0.2, 0) is 25.6 Å². The molecule has 1 aromatic rings. The van der Waals surface area contributed by atoms with Crippen LogP contribution in [0.15, 0.2) is 23.4 Å². The molecule has 1 aromatic carbocycles. The highest BCUT2D eigenvalue weighted by molar-refractivity contribution is 6.20. The van der Waals surface area contributed by atoms with Gasteiger partial charge in [-0.05, 0) is 50.5 Å². The van der Waals surface area contributed by atoms with E-state index in [4.69, 9.17) is 9.57 Å². The van der Waals surface area contributed by atoms with Crippen molar-refractivity contribution in [2.24, 2.45) is 10.6 Å². The van der Waals surface area contributed by atoms with Gasteiger partial charge in [0.05, 0.1) is 24.0 Å². The van der Waals surface area contributed by atoms with Crippen molar-refractivity contribution in [3.63, 3.8) is 0 Å². The molecule has 0 bridgehead atoms. The van der Waals surface area contributed by atoms with E-state index in [-0.39, 0.29) is 18.6 Å². The lowest BCUT2D eigenvalue weighted by molar-refractivity contribution is -0.153. The Balaban J connectivity index is 1.89. The number of imide groups is 2. The third-order valence-corrected chi connectivity index (χ3v) is 5.95. The zero-order chi connectivity index (χ0) is 20.9. The van der Waals surface area contributed by atoms with Crippen molar-refractivity contribution in [1.29, 1.82) is 0 Å². The van der Waals surface area contributed by atoms with Crippen molar-refractivity contribution in [3.05, 3.63) is 29.3 Å². The first-order valence-corrected chi connectivity index (χ1v) is 9.58. The lowest BCUT2D eigenvalue weighted by Gasteiger charge is -2.55. The number of nitrogens with zero attached hydrogens (tertiary/aromatic N) is 2. The van der Waals surface area contributed by atoms with Crippen LogP contribution in [0.3, 0.4) is 0 Å². The largest absolute Gasteiger partial charge is 0.399 e. The molecule has 1 spiro atoms. The lowest BCUT2D eigenvalue weighted by atomic mass is 9.66. The van der Waals surface area contributed by atoms with Gasteiger partial charge in [0, 0.05) is 12.2 Å². The summed E-state index contributed by atoms with van der Waals surface area (Å²) in [6.07, 6.45) is -0.296. The van der Waals surface area contributed by atoms with Gasteiger partial charge >= 0.3 is 6.03 Å². The fourth-order valence-corrected chi connectivity index (χ4v) is 4.86. The molecule has 2 fully saturated rings. The molecule has 2 N–H and O–H groups in total.